The first kappa shape index (κ1) is 28.6. The van der Waals surface area contributed by atoms with E-state index in [-0.39, 0.29) is 11.9 Å². The van der Waals surface area contributed by atoms with Gasteiger partial charge in [0.2, 0.25) is 11.9 Å². The Balaban J connectivity index is 1.26. The van der Waals surface area contributed by atoms with Gasteiger partial charge >= 0.3 is 6.01 Å². The predicted octanol–water partition coefficient (Wildman–Crippen LogP) is 4.40. The minimum atomic E-state index is -0.219. The third-order valence-electron chi connectivity index (χ3n) is 6.73. The number of thioether (sulfide) groups is 1. The second-order valence-corrected chi connectivity index (χ2v) is 11.5. The van der Waals surface area contributed by atoms with Crippen LogP contribution in [-0.4, -0.2) is 84.9 Å². The minimum absolute atomic E-state index is 0.154. The number of carbonyl (C=O) groups excluding carboxylic acids is 1. The molecule has 0 bridgehead atoms. The van der Waals surface area contributed by atoms with E-state index in [0.717, 1.165) is 5.56 Å². The fourth-order valence-corrected chi connectivity index (χ4v) is 6.09. The van der Waals surface area contributed by atoms with Gasteiger partial charge in [0.1, 0.15) is 0 Å². The molecule has 0 saturated carbocycles. The molecule has 1 aromatic heterocycles. The van der Waals surface area contributed by atoms with E-state index < -0.39 is 0 Å². The van der Waals surface area contributed by atoms with E-state index in [9.17, 15) is 4.79 Å². The van der Waals surface area contributed by atoms with Gasteiger partial charge in [-0.3, -0.25) is 9.69 Å². The van der Waals surface area contributed by atoms with Gasteiger partial charge in [-0.15, -0.1) is 0 Å². The van der Waals surface area contributed by atoms with Crippen molar-refractivity contribution >= 4 is 69.5 Å². The van der Waals surface area contributed by atoms with Crippen LogP contribution >= 0.6 is 35.6 Å². The van der Waals surface area contributed by atoms with Crippen molar-refractivity contribution < 1.29 is 23.7 Å². The number of methoxy groups -OCH3 is 1. The monoisotopic (exact) mass is 626 g/mol. The molecule has 0 radical (unpaired) electrons. The number of hydrogen-bond acceptors (Lipinski definition) is 12. The highest BCUT2D eigenvalue weighted by molar-refractivity contribution is 8.27. The van der Waals surface area contributed by atoms with Crippen molar-refractivity contribution in [2.24, 2.45) is 0 Å². The van der Waals surface area contributed by atoms with Crippen LogP contribution in [0.4, 0.5) is 17.6 Å². The molecule has 0 atom stereocenters. The quantitative estimate of drug-likeness (QED) is 0.274. The van der Waals surface area contributed by atoms with Gasteiger partial charge < -0.3 is 28.7 Å². The largest absolute Gasteiger partial charge is 0.493 e. The van der Waals surface area contributed by atoms with Crippen molar-refractivity contribution in [1.29, 1.82) is 0 Å². The summed E-state index contributed by atoms with van der Waals surface area (Å²) in [5.41, 5.74) is 1.37. The minimum Gasteiger partial charge on any atom is -0.493 e. The molecule has 0 aliphatic carbocycles. The zero-order valence-corrected chi connectivity index (χ0v) is 25.1. The number of nitrogens with zero attached hydrogens (tertiary/aromatic N) is 6. The van der Waals surface area contributed by atoms with E-state index in [1.807, 2.05) is 6.07 Å². The Labute approximate surface area is 257 Å². The summed E-state index contributed by atoms with van der Waals surface area (Å²) < 4.78 is 23.3. The number of anilines is 3. The Morgan fingerprint density at radius 3 is 2.21 bits per heavy atom. The summed E-state index contributed by atoms with van der Waals surface area (Å²) in [6.07, 6.45) is 1.77. The average molecular weight is 627 g/mol. The molecular formula is C28H27ClN6O5S2. The summed E-state index contributed by atoms with van der Waals surface area (Å²) in [4.78, 5) is 33.3. The molecule has 3 fully saturated rings. The molecule has 42 heavy (non-hydrogen) atoms. The van der Waals surface area contributed by atoms with E-state index in [4.69, 9.17) is 47.8 Å². The maximum Gasteiger partial charge on any atom is 0.328 e. The lowest BCUT2D eigenvalue weighted by Gasteiger charge is -2.30. The van der Waals surface area contributed by atoms with Crippen LogP contribution in [0.5, 0.6) is 17.5 Å². The fourth-order valence-electron chi connectivity index (χ4n) is 4.60. The molecule has 0 N–H and O–H groups in total. The van der Waals surface area contributed by atoms with Crippen molar-refractivity contribution in [3.63, 3.8) is 0 Å². The molecule has 14 heteroatoms. The number of benzene rings is 2. The fraction of sp³-hybridized carbons (Fsp3) is 0.321. The van der Waals surface area contributed by atoms with Gasteiger partial charge in [-0.1, -0.05) is 47.7 Å². The normalized spacial score (nSPS) is 18.6. The molecular weight excluding hydrogens is 600 g/mol. The molecule has 3 saturated heterocycles. The third-order valence-corrected chi connectivity index (χ3v) is 8.26. The molecule has 0 spiro atoms. The lowest BCUT2D eigenvalue weighted by atomic mass is 10.2. The Kier molecular flexibility index (Phi) is 8.72. The van der Waals surface area contributed by atoms with Crippen LogP contribution in [0.15, 0.2) is 47.4 Å². The van der Waals surface area contributed by atoms with Crippen molar-refractivity contribution in [3.05, 3.63) is 58.0 Å². The Morgan fingerprint density at radius 1 is 0.929 bits per heavy atom. The molecule has 3 aromatic rings. The van der Waals surface area contributed by atoms with Gasteiger partial charge in [0.05, 0.1) is 44.1 Å². The van der Waals surface area contributed by atoms with Crippen LogP contribution in [-0.2, 0) is 14.3 Å². The van der Waals surface area contributed by atoms with Crippen LogP contribution in [0.2, 0.25) is 5.02 Å². The number of ether oxygens (including phenoxy) is 4. The molecule has 6 rings (SSSR count). The van der Waals surface area contributed by atoms with E-state index in [1.165, 1.54) is 16.7 Å². The number of rotatable bonds is 7. The number of hydrogen-bond donors (Lipinski definition) is 0. The molecule has 11 nitrogen and oxygen atoms in total. The number of carbonyl (C=O) groups is 1. The lowest BCUT2D eigenvalue weighted by molar-refractivity contribution is -0.113. The summed E-state index contributed by atoms with van der Waals surface area (Å²) >= 11 is 12.9. The first-order valence-corrected chi connectivity index (χ1v) is 14.9. The summed E-state index contributed by atoms with van der Waals surface area (Å²) in [6.45, 7) is 5.09. The van der Waals surface area contributed by atoms with Gasteiger partial charge in [-0.2, -0.15) is 15.0 Å². The molecule has 1 amide bonds. The summed E-state index contributed by atoms with van der Waals surface area (Å²) in [5.74, 6) is 1.72. The first-order chi connectivity index (χ1) is 20.5. The highest BCUT2D eigenvalue weighted by Crippen LogP contribution is 2.38. The number of thiocarbonyl (C=S) groups is 1. The molecule has 218 valence electrons. The summed E-state index contributed by atoms with van der Waals surface area (Å²) in [5, 5.41) is 0.526. The molecule has 4 heterocycles. The molecule has 2 aromatic carbocycles. The SMILES string of the molecule is COc1cc(/C=C2/SC(=S)N(c3cccc(Cl)c3)C2=O)ccc1Oc1nc(N2CCOCC2)nc(N2CCOCC2)n1. The zero-order chi connectivity index (χ0) is 29.1. The molecule has 3 aliphatic heterocycles. The maximum atomic E-state index is 13.2. The smallest absolute Gasteiger partial charge is 0.328 e. The topological polar surface area (TPSA) is 102 Å². The van der Waals surface area contributed by atoms with Gasteiger partial charge in [0, 0.05) is 31.2 Å². The van der Waals surface area contributed by atoms with Crippen molar-refractivity contribution in [2.45, 2.75) is 0 Å². The summed E-state index contributed by atoms with van der Waals surface area (Å²) in [7, 11) is 1.55. The van der Waals surface area contributed by atoms with Crippen LogP contribution in [0.25, 0.3) is 6.08 Å². The Bertz CT molecular complexity index is 1490. The van der Waals surface area contributed by atoms with Gasteiger partial charge in [-0.05, 0) is 42.0 Å². The molecule has 3 aliphatic rings. The van der Waals surface area contributed by atoms with Crippen molar-refractivity contribution in [1.82, 2.24) is 15.0 Å². The number of amides is 1. The van der Waals surface area contributed by atoms with E-state index >= 15 is 0 Å². The van der Waals surface area contributed by atoms with Crippen molar-refractivity contribution in [2.75, 3.05) is 74.4 Å². The maximum absolute atomic E-state index is 13.2. The van der Waals surface area contributed by atoms with Crippen LogP contribution < -0.4 is 24.2 Å². The van der Waals surface area contributed by atoms with E-state index in [1.54, 1.807) is 49.6 Å². The third kappa shape index (κ3) is 6.30. The number of halogens is 1. The van der Waals surface area contributed by atoms with Crippen LogP contribution in [0.1, 0.15) is 5.56 Å². The standard InChI is InChI=1S/C28H27ClN6O5S2/c1-37-22-15-18(16-23-24(36)35(28(41)42-23)20-4-2-3-19(29)17-20)5-6-21(22)40-27-31-25(33-7-11-38-12-8-33)30-26(32-27)34-9-13-39-14-10-34/h2-6,15-17H,7-14H2,1H3/b23-16+. The first-order valence-electron chi connectivity index (χ1n) is 13.3. The number of aromatic nitrogens is 3. The highest BCUT2D eigenvalue weighted by atomic mass is 35.5. The molecule has 0 unspecified atom stereocenters. The van der Waals surface area contributed by atoms with Gasteiger partial charge in [-0.25, -0.2) is 0 Å². The van der Waals surface area contributed by atoms with Crippen LogP contribution in [0.3, 0.4) is 0 Å². The Hall–Kier alpha value is -3.49. The predicted molar refractivity (Wildman–Crippen MR) is 166 cm³/mol. The lowest BCUT2D eigenvalue weighted by Crippen LogP contribution is -2.40. The average Bonchev–Trinajstić information content (AvgIpc) is 3.30. The van der Waals surface area contributed by atoms with Crippen molar-refractivity contribution in [3.8, 4) is 17.5 Å². The highest BCUT2D eigenvalue weighted by Gasteiger charge is 2.33. The number of morpholine rings is 2. The van der Waals surface area contributed by atoms with E-state index in [0.29, 0.717) is 95.9 Å². The van der Waals surface area contributed by atoms with Gasteiger partial charge in [0.25, 0.3) is 5.91 Å². The Morgan fingerprint density at radius 2 is 1.60 bits per heavy atom. The second-order valence-electron chi connectivity index (χ2n) is 9.43. The van der Waals surface area contributed by atoms with Gasteiger partial charge in [0.15, 0.2) is 15.8 Å². The van der Waals surface area contributed by atoms with E-state index in [2.05, 4.69) is 19.8 Å². The second kappa shape index (κ2) is 12.8. The summed E-state index contributed by atoms with van der Waals surface area (Å²) in [6, 6.07) is 12.6. The van der Waals surface area contributed by atoms with Crippen LogP contribution in [0, 0.1) is 0 Å². The zero-order valence-electron chi connectivity index (χ0n) is 22.7.